The van der Waals surface area contributed by atoms with Gasteiger partial charge in [-0.3, -0.25) is 9.59 Å². The third kappa shape index (κ3) is 5.70. The van der Waals surface area contributed by atoms with Crippen LogP contribution >= 0.6 is 34.8 Å². The van der Waals surface area contributed by atoms with E-state index in [0.717, 1.165) is 0 Å². The monoisotopic (exact) mass is 332 g/mol. The maximum Gasteiger partial charge on any atom is 0.252 e. The van der Waals surface area contributed by atoms with Crippen LogP contribution in [0.1, 0.15) is 20.7 Å². The summed E-state index contributed by atoms with van der Waals surface area (Å²) in [6.07, 6.45) is 0. The summed E-state index contributed by atoms with van der Waals surface area (Å²) in [4.78, 5) is 20.9. The van der Waals surface area contributed by atoms with Crippen molar-refractivity contribution in [1.29, 1.82) is 0 Å². The Hall–Kier alpha value is -1.42. The van der Waals surface area contributed by atoms with Gasteiger partial charge in [-0.25, -0.2) is 4.39 Å². The minimum atomic E-state index is -0.569. The Bertz CT molecular complexity index is 539. The van der Waals surface area contributed by atoms with Gasteiger partial charge >= 0.3 is 0 Å². The summed E-state index contributed by atoms with van der Waals surface area (Å²) in [6.45, 7) is 0. The summed E-state index contributed by atoms with van der Waals surface area (Å²) in [7, 11) is 0. The second kappa shape index (κ2) is 8.00. The number of hydrogen-bond donors (Lipinski definition) is 0. The third-order valence-electron chi connectivity index (χ3n) is 2.14. The molecule has 6 heteroatoms. The Kier molecular flexibility index (Phi) is 6.65. The summed E-state index contributed by atoms with van der Waals surface area (Å²) >= 11 is 15.8. The molecule has 2 nitrogen and oxygen atoms in total. The predicted molar refractivity (Wildman–Crippen MR) is 78.2 cm³/mol. The van der Waals surface area contributed by atoms with E-state index in [0.29, 0.717) is 16.1 Å². The van der Waals surface area contributed by atoms with E-state index in [-0.39, 0.29) is 5.82 Å². The fourth-order valence-corrected chi connectivity index (χ4v) is 1.54. The van der Waals surface area contributed by atoms with E-state index >= 15 is 0 Å². The van der Waals surface area contributed by atoms with Gasteiger partial charge in [0.1, 0.15) is 5.82 Å². The van der Waals surface area contributed by atoms with Gasteiger partial charge < -0.3 is 0 Å². The molecule has 0 N–H and O–H groups in total. The summed E-state index contributed by atoms with van der Waals surface area (Å²) in [5, 5.41) is -0.432. The Balaban J connectivity index is 0.000000200. The third-order valence-corrected chi connectivity index (χ3v) is 2.83. The minimum absolute atomic E-state index is 0.308. The van der Waals surface area contributed by atoms with Gasteiger partial charge in [0.15, 0.2) is 0 Å². The van der Waals surface area contributed by atoms with Crippen LogP contribution in [-0.4, -0.2) is 10.5 Å². The van der Waals surface area contributed by atoms with Crippen molar-refractivity contribution in [2.24, 2.45) is 0 Å². The Morgan fingerprint density at radius 3 is 1.45 bits per heavy atom. The van der Waals surface area contributed by atoms with Crippen molar-refractivity contribution in [3.8, 4) is 0 Å². The van der Waals surface area contributed by atoms with Crippen LogP contribution in [0.25, 0.3) is 0 Å². The molecule has 0 saturated heterocycles. The molecule has 0 aliphatic rings. The lowest BCUT2D eigenvalue weighted by Gasteiger charge is -1.91. The molecule has 0 radical (unpaired) electrons. The van der Waals surface area contributed by atoms with Gasteiger partial charge in [0, 0.05) is 16.1 Å². The van der Waals surface area contributed by atoms with E-state index in [1.807, 2.05) is 0 Å². The average Bonchev–Trinajstić information content (AvgIpc) is 2.40. The average molecular weight is 334 g/mol. The highest BCUT2D eigenvalue weighted by molar-refractivity contribution is 6.68. The normalized spacial score (nSPS) is 9.40. The van der Waals surface area contributed by atoms with Crippen molar-refractivity contribution >= 4 is 45.3 Å². The largest absolute Gasteiger partial charge is 0.276 e. The molecule has 0 heterocycles. The highest BCUT2D eigenvalue weighted by Gasteiger charge is 1.99. The lowest BCUT2D eigenvalue weighted by atomic mass is 10.2. The van der Waals surface area contributed by atoms with Crippen LogP contribution in [-0.2, 0) is 0 Å². The molecule has 0 saturated carbocycles. The van der Waals surface area contributed by atoms with E-state index < -0.39 is 10.5 Å². The van der Waals surface area contributed by atoms with Crippen molar-refractivity contribution in [2.75, 3.05) is 0 Å². The molecule has 0 unspecified atom stereocenters. The van der Waals surface area contributed by atoms with Crippen molar-refractivity contribution in [1.82, 2.24) is 0 Å². The van der Waals surface area contributed by atoms with Gasteiger partial charge in [0.05, 0.1) is 0 Å². The maximum absolute atomic E-state index is 12.2. The van der Waals surface area contributed by atoms with Crippen LogP contribution in [0.3, 0.4) is 0 Å². The summed E-state index contributed by atoms with van der Waals surface area (Å²) < 4.78 is 12.2. The van der Waals surface area contributed by atoms with E-state index in [1.165, 1.54) is 24.3 Å². The molecule has 0 aliphatic heterocycles. The first-order chi connectivity index (χ1) is 9.40. The number of halogens is 4. The smallest absolute Gasteiger partial charge is 0.252 e. The highest BCUT2D eigenvalue weighted by atomic mass is 35.5. The van der Waals surface area contributed by atoms with Crippen LogP contribution in [0.5, 0.6) is 0 Å². The molecule has 0 aromatic heterocycles. The first-order valence-electron chi connectivity index (χ1n) is 5.31. The van der Waals surface area contributed by atoms with Crippen molar-refractivity contribution in [2.45, 2.75) is 0 Å². The molecule has 2 aromatic rings. The van der Waals surface area contributed by atoms with Crippen molar-refractivity contribution in [3.63, 3.8) is 0 Å². The zero-order valence-electron chi connectivity index (χ0n) is 9.95. The molecule has 104 valence electrons. The van der Waals surface area contributed by atoms with E-state index in [2.05, 4.69) is 0 Å². The summed E-state index contributed by atoms with van der Waals surface area (Å²) in [5.74, 6) is -0.373. The molecule has 2 aromatic carbocycles. The fourth-order valence-electron chi connectivity index (χ4n) is 1.16. The molecule has 0 atom stereocenters. The number of benzene rings is 2. The molecule has 0 fully saturated rings. The van der Waals surface area contributed by atoms with Gasteiger partial charge in [-0.2, -0.15) is 0 Å². The number of rotatable bonds is 2. The van der Waals surface area contributed by atoms with Crippen LogP contribution in [0.4, 0.5) is 4.39 Å². The number of hydrogen-bond acceptors (Lipinski definition) is 2. The van der Waals surface area contributed by atoms with E-state index in [1.54, 1.807) is 24.3 Å². The van der Waals surface area contributed by atoms with Crippen molar-refractivity contribution in [3.05, 3.63) is 70.5 Å². The zero-order chi connectivity index (χ0) is 15.1. The van der Waals surface area contributed by atoms with Gasteiger partial charge in [-0.15, -0.1) is 0 Å². The molecule has 0 spiro atoms. The van der Waals surface area contributed by atoms with Crippen LogP contribution < -0.4 is 0 Å². The van der Waals surface area contributed by atoms with Crippen LogP contribution in [0, 0.1) is 5.82 Å². The topological polar surface area (TPSA) is 34.1 Å². The second-order valence-corrected chi connectivity index (χ2v) is 4.68. The molecular formula is C14H8Cl3FO2. The Morgan fingerprint density at radius 1 is 0.750 bits per heavy atom. The number of carbonyl (C=O) groups excluding carboxylic acids is 2. The first kappa shape index (κ1) is 16.6. The molecule has 2 rings (SSSR count). The standard InChI is InChI=1S/C7H4Cl2O.C7H4ClFO/c8-6-3-1-5(2-4-6)7(9)10;8-7(10)5-1-3-6(9)4-2-5/h2*1-4H. The summed E-state index contributed by atoms with van der Waals surface area (Å²) in [5.41, 5.74) is 0.772. The zero-order valence-corrected chi connectivity index (χ0v) is 12.2. The highest BCUT2D eigenvalue weighted by Crippen LogP contribution is 2.10. The maximum atomic E-state index is 12.2. The summed E-state index contributed by atoms with van der Waals surface area (Å²) in [6, 6.07) is 11.5. The molecule has 20 heavy (non-hydrogen) atoms. The van der Waals surface area contributed by atoms with E-state index in [9.17, 15) is 14.0 Å². The first-order valence-corrected chi connectivity index (χ1v) is 6.44. The second-order valence-electron chi connectivity index (χ2n) is 3.56. The van der Waals surface area contributed by atoms with Crippen molar-refractivity contribution < 1.29 is 14.0 Å². The molecule has 0 bridgehead atoms. The Labute approximate surface area is 130 Å². The number of carbonyl (C=O) groups is 2. The lowest BCUT2D eigenvalue weighted by molar-refractivity contribution is 0.107. The van der Waals surface area contributed by atoms with Crippen LogP contribution in [0.15, 0.2) is 48.5 Å². The quantitative estimate of drug-likeness (QED) is 0.731. The van der Waals surface area contributed by atoms with Gasteiger partial charge in [0.2, 0.25) is 0 Å². The van der Waals surface area contributed by atoms with Gasteiger partial charge in [0.25, 0.3) is 10.5 Å². The Morgan fingerprint density at radius 2 is 1.10 bits per heavy atom. The predicted octanol–water partition coefficient (Wildman–Crippen LogP) is 4.92. The SMILES string of the molecule is O=C(Cl)c1ccc(Cl)cc1.O=C(Cl)c1ccc(F)cc1. The molecular weight excluding hydrogens is 326 g/mol. The minimum Gasteiger partial charge on any atom is -0.276 e. The molecule has 0 amide bonds. The fraction of sp³-hybridized carbons (Fsp3) is 0. The van der Waals surface area contributed by atoms with Crippen LogP contribution in [0.2, 0.25) is 5.02 Å². The van der Waals surface area contributed by atoms with Gasteiger partial charge in [-0.05, 0) is 71.7 Å². The van der Waals surface area contributed by atoms with Gasteiger partial charge in [-0.1, -0.05) is 11.6 Å². The molecule has 0 aliphatic carbocycles. The lowest BCUT2D eigenvalue weighted by Crippen LogP contribution is -1.87. The van der Waals surface area contributed by atoms with E-state index in [4.69, 9.17) is 34.8 Å².